The number of halogens is 3. The van der Waals surface area contributed by atoms with Crippen molar-refractivity contribution in [2.75, 3.05) is 25.5 Å². The van der Waals surface area contributed by atoms with Gasteiger partial charge in [-0.25, -0.2) is 9.78 Å². The highest BCUT2D eigenvalue weighted by atomic mass is 19.4. The van der Waals surface area contributed by atoms with E-state index in [1.54, 1.807) is 23.6 Å². The van der Waals surface area contributed by atoms with Gasteiger partial charge in [0.25, 0.3) is 5.56 Å². The zero-order valence-electron chi connectivity index (χ0n) is 22.3. The third-order valence-electron chi connectivity index (χ3n) is 6.66. The number of alkyl halides is 3. The number of rotatable bonds is 6. The SMILES string of the molecule is CN(C)c1nc2c(c(=O)n1C(c1ccccc1)c1ccccc1)CCN(C(=O)Oc1ccc(OC(F)(F)F)cc1)C2. The van der Waals surface area contributed by atoms with E-state index in [2.05, 4.69) is 4.74 Å². The van der Waals surface area contributed by atoms with Gasteiger partial charge in [-0.3, -0.25) is 9.36 Å². The van der Waals surface area contributed by atoms with Gasteiger partial charge in [-0.1, -0.05) is 60.7 Å². The number of hydrogen-bond donors (Lipinski definition) is 0. The Hall–Kier alpha value is -4.80. The molecule has 1 amide bonds. The van der Waals surface area contributed by atoms with Gasteiger partial charge >= 0.3 is 12.5 Å². The summed E-state index contributed by atoms with van der Waals surface area (Å²) in [7, 11) is 3.61. The Morgan fingerprint density at radius 2 is 1.46 bits per heavy atom. The van der Waals surface area contributed by atoms with Crippen molar-refractivity contribution in [2.45, 2.75) is 25.4 Å². The van der Waals surface area contributed by atoms with Crippen molar-refractivity contribution in [1.29, 1.82) is 0 Å². The van der Waals surface area contributed by atoms with E-state index in [0.29, 0.717) is 17.2 Å². The lowest BCUT2D eigenvalue weighted by molar-refractivity contribution is -0.274. The molecular formula is C30H27F3N4O4. The molecular weight excluding hydrogens is 537 g/mol. The maximum absolute atomic E-state index is 14.1. The molecule has 3 aromatic carbocycles. The van der Waals surface area contributed by atoms with Crippen molar-refractivity contribution < 1.29 is 27.4 Å². The zero-order valence-corrected chi connectivity index (χ0v) is 22.3. The van der Waals surface area contributed by atoms with Gasteiger partial charge in [-0.15, -0.1) is 13.2 Å². The molecule has 0 saturated heterocycles. The lowest BCUT2D eigenvalue weighted by atomic mass is 9.97. The number of carbonyl (C=O) groups is 1. The first-order chi connectivity index (χ1) is 19.6. The number of fused-ring (bicyclic) bond motifs is 1. The highest BCUT2D eigenvalue weighted by Gasteiger charge is 2.32. The molecule has 0 radical (unpaired) electrons. The normalized spacial score (nSPS) is 13.1. The molecule has 0 N–H and O–H groups in total. The van der Waals surface area contributed by atoms with Crippen molar-refractivity contribution >= 4 is 12.0 Å². The van der Waals surface area contributed by atoms with Gasteiger partial charge in [0.1, 0.15) is 11.5 Å². The first kappa shape index (κ1) is 27.8. The molecule has 0 atom stereocenters. The van der Waals surface area contributed by atoms with Crippen molar-refractivity contribution in [3.63, 3.8) is 0 Å². The summed E-state index contributed by atoms with van der Waals surface area (Å²) in [6, 6.07) is 23.6. The predicted octanol–water partition coefficient (Wildman–Crippen LogP) is 5.40. The smallest absolute Gasteiger partial charge is 0.410 e. The van der Waals surface area contributed by atoms with Crippen LogP contribution in [0.1, 0.15) is 28.4 Å². The fourth-order valence-electron chi connectivity index (χ4n) is 4.83. The molecule has 41 heavy (non-hydrogen) atoms. The molecule has 2 heterocycles. The Balaban J connectivity index is 1.44. The molecule has 5 rings (SSSR count). The number of aromatic nitrogens is 2. The van der Waals surface area contributed by atoms with Gasteiger partial charge < -0.3 is 19.3 Å². The molecule has 0 spiro atoms. The molecule has 11 heteroatoms. The summed E-state index contributed by atoms with van der Waals surface area (Å²) in [5.41, 5.74) is 2.65. The minimum atomic E-state index is -4.82. The van der Waals surface area contributed by atoms with Crippen LogP contribution in [0.5, 0.6) is 11.5 Å². The molecule has 0 fully saturated rings. The molecule has 1 aliphatic heterocycles. The lowest BCUT2D eigenvalue weighted by Crippen LogP contribution is -2.43. The summed E-state index contributed by atoms with van der Waals surface area (Å²) in [5, 5.41) is 0. The van der Waals surface area contributed by atoms with Gasteiger partial charge in [0, 0.05) is 26.2 Å². The lowest BCUT2D eigenvalue weighted by Gasteiger charge is -2.31. The van der Waals surface area contributed by atoms with Crippen LogP contribution in [-0.2, 0) is 13.0 Å². The summed E-state index contributed by atoms with van der Waals surface area (Å²) in [4.78, 5) is 35.0. The quantitative estimate of drug-likeness (QED) is 0.312. The summed E-state index contributed by atoms with van der Waals surface area (Å²) >= 11 is 0. The minimum Gasteiger partial charge on any atom is -0.410 e. The minimum absolute atomic E-state index is 0.0433. The fraction of sp³-hybridized carbons (Fsp3) is 0.233. The molecule has 1 aliphatic rings. The maximum Gasteiger partial charge on any atom is 0.573 e. The Labute approximate surface area is 234 Å². The van der Waals surface area contributed by atoms with Crippen LogP contribution in [0.4, 0.5) is 23.9 Å². The summed E-state index contributed by atoms with van der Waals surface area (Å²) in [6.45, 7) is 0.252. The summed E-state index contributed by atoms with van der Waals surface area (Å²) < 4.78 is 48.2. The number of hydrogen-bond acceptors (Lipinski definition) is 6. The average Bonchev–Trinajstić information content (AvgIpc) is 2.95. The third-order valence-corrected chi connectivity index (χ3v) is 6.66. The second-order valence-electron chi connectivity index (χ2n) is 9.69. The van der Waals surface area contributed by atoms with E-state index in [-0.39, 0.29) is 30.8 Å². The molecule has 0 saturated carbocycles. The Morgan fingerprint density at radius 3 is 2.00 bits per heavy atom. The fourth-order valence-corrected chi connectivity index (χ4v) is 4.83. The molecule has 1 aromatic heterocycles. The monoisotopic (exact) mass is 564 g/mol. The average molecular weight is 565 g/mol. The highest BCUT2D eigenvalue weighted by molar-refractivity contribution is 5.71. The van der Waals surface area contributed by atoms with E-state index in [1.807, 2.05) is 60.7 Å². The number of nitrogens with zero attached hydrogens (tertiary/aromatic N) is 4. The second-order valence-corrected chi connectivity index (χ2v) is 9.69. The Bertz CT molecular complexity index is 1530. The van der Waals surface area contributed by atoms with Gasteiger partial charge in [0.2, 0.25) is 5.95 Å². The molecule has 0 bridgehead atoms. The molecule has 8 nitrogen and oxygen atoms in total. The van der Waals surface area contributed by atoms with Crippen molar-refractivity contribution in [3.8, 4) is 11.5 Å². The van der Waals surface area contributed by atoms with Crippen LogP contribution in [0.25, 0.3) is 0 Å². The first-order valence-corrected chi connectivity index (χ1v) is 12.8. The van der Waals surface area contributed by atoms with E-state index in [1.165, 1.54) is 17.0 Å². The van der Waals surface area contributed by atoms with E-state index in [0.717, 1.165) is 23.3 Å². The number of amides is 1. The third kappa shape index (κ3) is 6.19. The topological polar surface area (TPSA) is 76.9 Å². The number of ether oxygens (including phenoxy) is 2. The predicted molar refractivity (Wildman–Crippen MR) is 146 cm³/mol. The number of benzene rings is 3. The van der Waals surface area contributed by atoms with Crippen molar-refractivity contribution in [1.82, 2.24) is 14.5 Å². The van der Waals surface area contributed by atoms with E-state index < -0.39 is 24.2 Å². The zero-order chi connectivity index (χ0) is 29.1. The highest BCUT2D eigenvalue weighted by Crippen LogP contribution is 2.30. The van der Waals surface area contributed by atoms with Crippen LogP contribution >= 0.6 is 0 Å². The van der Waals surface area contributed by atoms with E-state index >= 15 is 0 Å². The Kier molecular flexibility index (Phi) is 7.69. The molecule has 4 aromatic rings. The standard InChI is InChI=1S/C30H27F3N4O4/c1-35(2)28-34-25-19-36(29(39)40-22-13-15-23(16-14-22)41-30(31,32)33)18-17-24(25)27(38)37(28)26(20-9-5-3-6-10-20)21-11-7-4-8-12-21/h3-16,26H,17-19H2,1-2H3. The Morgan fingerprint density at radius 1 is 0.902 bits per heavy atom. The van der Waals surface area contributed by atoms with Crippen molar-refractivity contribution in [2.24, 2.45) is 0 Å². The first-order valence-electron chi connectivity index (χ1n) is 12.8. The van der Waals surface area contributed by atoms with Crippen LogP contribution in [0.3, 0.4) is 0 Å². The van der Waals surface area contributed by atoms with Gasteiger partial charge in [-0.2, -0.15) is 0 Å². The second kappa shape index (κ2) is 11.4. The molecule has 0 aliphatic carbocycles. The van der Waals surface area contributed by atoms with E-state index in [9.17, 15) is 22.8 Å². The van der Waals surface area contributed by atoms with E-state index in [4.69, 9.17) is 9.72 Å². The maximum atomic E-state index is 14.1. The molecule has 0 unspecified atom stereocenters. The van der Waals surface area contributed by atoms with Crippen molar-refractivity contribution in [3.05, 3.63) is 118 Å². The van der Waals surface area contributed by atoms with Crippen LogP contribution in [-0.4, -0.2) is 47.5 Å². The van der Waals surface area contributed by atoms with Crippen LogP contribution < -0.4 is 19.9 Å². The summed E-state index contributed by atoms with van der Waals surface area (Å²) in [6.07, 6.45) is -5.26. The largest absolute Gasteiger partial charge is 0.573 e. The number of anilines is 1. The van der Waals surface area contributed by atoms with Crippen LogP contribution in [0.15, 0.2) is 89.7 Å². The summed E-state index contributed by atoms with van der Waals surface area (Å²) in [5.74, 6) is 0.0633. The van der Waals surface area contributed by atoms with Crippen LogP contribution in [0, 0.1) is 0 Å². The number of carbonyl (C=O) groups excluding carboxylic acids is 1. The molecule has 212 valence electrons. The van der Waals surface area contributed by atoms with Gasteiger partial charge in [0.05, 0.1) is 18.3 Å². The van der Waals surface area contributed by atoms with Gasteiger partial charge in [-0.05, 0) is 41.8 Å². The van der Waals surface area contributed by atoms with Gasteiger partial charge in [0.15, 0.2) is 0 Å². The van der Waals surface area contributed by atoms with Crippen LogP contribution in [0.2, 0.25) is 0 Å².